The molecule has 0 amide bonds. The summed E-state index contributed by atoms with van der Waals surface area (Å²) in [5.74, 6) is -0.429. The zero-order valence-electron chi connectivity index (χ0n) is 10.6. The van der Waals surface area contributed by atoms with Crippen LogP contribution >= 0.6 is 11.8 Å². The molecule has 0 aliphatic rings. The van der Waals surface area contributed by atoms with Crippen molar-refractivity contribution in [3.8, 4) is 0 Å². The van der Waals surface area contributed by atoms with Crippen LogP contribution in [0.2, 0.25) is 0 Å². The van der Waals surface area contributed by atoms with Crippen molar-refractivity contribution in [2.75, 3.05) is 0 Å². The average Bonchev–Trinajstić information content (AvgIpc) is 2.46. The van der Waals surface area contributed by atoms with E-state index in [1.165, 1.54) is 23.9 Å². The smallest absolute Gasteiger partial charge is 0.305 e. The highest BCUT2D eigenvalue weighted by molar-refractivity contribution is 7.98. The third-order valence-corrected chi connectivity index (χ3v) is 3.83. The molecular weight excluding hydrogens is 279 g/mol. The molecule has 0 saturated heterocycles. The van der Waals surface area contributed by atoms with E-state index in [0.717, 1.165) is 10.5 Å². The van der Waals surface area contributed by atoms with Gasteiger partial charge in [0, 0.05) is 28.8 Å². The summed E-state index contributed by atoms with van der Waals surface area (Å²) in [6.07, 6.45) is 0. The molecule has 2 N–H and O–H groups in total. The molecule has 104 valence electrons. The van der Waals surface area contributed by atoms with Gasteiger partial charge in [0.25, 0.3) is 0 Å². The summed E-state index contributed by atoms with van der Waals surface area (Å²) in [6.45, 7) is 0.444. The lowest BCUT2D eigenvalue weighted by Crippen LogP contribution is -1.97. The van der Waals surface area contributed by atoms with Crippen LogP contribution in [-0.4, -0.2) is 4.92 Å². The Morgan fingerprint density at radius 2 is 2.00 bits per heavy atom. The fourth-order valence-corrected chi connectivity index (χ4v) is 2.70. The summed E-state index contributed by atoms with van der Waals surface area (Å²) in [5.41, 5.74) is 6.39. The van der Waals surface area contributed by atoms with Gasteiger partial charge in [0.05, 0.1) is 4.92 Å². The maximum atomic E-state index is 13.9. The number of nitro benzene ring substituents is 1. The van der Waals surface area contributed by atoms with Gasteiger partial charge in [-0.2, -0.15) is 4.39 Å². The lowest BCUT2D eigenvalue weighted by Gasteiger charge is -2.05. The Kier molecular flexibility index (Phi) is 4.70. The molecule has 0 atom stereocenters. The molecule has 2 aromatic carbocycles. The Morgan fingerprint density at radius 1 is 1.25 bits per heavy atom. The number of hydrogen-bond donors (Lipinski definition) is 1. The second-order valence-electron chi connectivity index (χ2n) is 4.15. The summed E-state index contributed by atoms with van der Waals surface area (Å²) in [7, 11) is 0. The molecule has 2 rings (SSSR count). The zero-order chi connectivity index (χ0) is 14.5. The topological polar surface area (TPSA) is 69.2 Å². The first kappa shape index (κ1) is 14.5. The highest BCUT2D eigenvalue weighted by Crippen LogP contribution is 2.28. The van der Waals surface area contributed by atoms with Crippen molar-refractivity contribution in [3.05, 3.63) is 69.5 Å². The van der Waals surface area contributed by atoms with E-state index in [-0.39, 0.29) is 0 Å². The number of nitro groups is 1. The first-order chi connectivity index (χ1) is 9.61. The van der Waals surface area contributed by atoms with E-state index in [0.29, 0.717) is 17.9 Å². The lowest BCUT2D eigenvalue weighted by molar-refractivity contribution is -0.387. The molecule has 0 bridgehead atoms. The fraction of sp³-hybridized carbons (Fsp3) is 0.143. The first-order valence-electron chi connectivity index (χ1n) is 5.95. The first-order valence-corrected chi connectivity index (χ1v) is 6.94. The van der Waals surface area contributed by atoms with Crippen molar-refractivity contribution < 1.29 is 9.31 Å². The second-order valence-corrected chi connectivity index (χ2v) is 5.20. The predicted molar refractivity (Wildman–Crippen MR) is 76.9 cm³/mol. The number of benzene rings is 2. The highest BCUT2D eigenvalue weighted by atomic mass is 32.2. The van der Waals surface area contributed by atoms with Gasteiger partial charge >= 0.3 is 5.69 Å². The van der Waals surface area contributed by atoms with Crippen molar-refractivity contribution >= 4 is 17.4 Å². The third-order valence-electron chi connectivity index (χ3n) is 2.78. The second kappa shape index (κ2) is 6.49. The number of halogens is 1. The molecule has 0 saturated carbocycles. The van der Waals surface area contributed by atoms with Crippen LogP contribution in [0.25, 0.3) is 0 Å². The van der Waals surface area contributed by atoms with Gasteiger partial charge in [-0.1, -0.05) is 24.3 Å². The molecule has 0 unspecified atom stereocenters. The molecule has 6 heteroatoms. The zero-order valence-corrected chi connectivity index (χ0v) is 11.4. The molecule has 0 spiro atoms. The standard InChI is InChI=1S/C14H13FN2O2S/c15-14-11(4-2-6-13(14)17(18)19)9-20-12-5-1-3-10(7-12)8-16/h1-7H,8-9,16H2. The van der Waals surface area contributed by atoms with Crippen LogP contribution < -0.4 is 5.73 Å². The van der Waals surface area contributed by atoms with Crippen LogP contribution in [0.4, 0.5) is 10.1 Å². The predicted octanol–water partition coefficient (Wildman–Crippen LogP) is 3.48. The van der Waals surface area contributed by atoms with E-state index < -0.39 is 16.4 Å². The van der Waals surface area contributed by atoms with E-state index >= 15 is 0 Å². The molecule has 0 aromatic heterocycles. The molecule has 0 fully saturated rings. The Labute approximate surface area is 119 Å². The highest BCUT2D eigenvalue weighted by Gasteiger charge is 2.16. The van der Waals surface area contributed by atoms with Crippen LogP contribution in [0.5, 0.6) is 0 Å². The van der Waals surface area contributed by atoms with Gasteiger partial charge in [0.1, 0.15) is 0 Å². The minimum Gasteiger partial charge on any atom is -0.326 e. The van der Waals surface area contributed by atoms with Gasteiger partial charge in [-0.05, 0) is 17.7 Å². The van der Waals surface area contributed by atoms with Crippen LogP contribution in [0.1, 0.15) is 11.1 Å². The number of rotatable bonds is 5. The molecule has 2 aromatic rings. The maximum absolute atomic E-state index is 13.9. The SMILES string of the molecule is NCc1cccc(SCc2cccc([N+](=O)[O-])c2F)c1. The van der Waals surface area contributed by atoms with E-state index in [2.05, 4.69) is 0 Å². The fourth-order valence-electron chi connectivity index (χ4n) is 1.74. The van der Waals surface area contributed by atoms with Gasteiger partial charge in [-0.15, -0.1) is 11.8 Å². The van der Waals surface area contributed by atoms with Gasteiger partial charge < -0.3 is 5.73 Å². The normalized spacial score (nSPS) is 10.5. The Balaban J connectivity index is 2.14. The average molecular weight is 292 g/mol. The molecule has 0 radical (unpaired) electrons. The minimum atomic E-state index is -0.764. The molecule has 4 nitrogen and oxygen atoms in total. The van der Waals surface area contributed by atoms with Crippen molar-refractivity contribution in [2.45, 2.75) is 17.2 Å². The molecule has 0 aliphatic carbocycles. The summed E-state index contributed by atoms with van der Waals surface area (Å²) in [5, 5.41) is 10.7. The minimum absolute atomic E-state index is 0.322. The molecule has 20 heavy (non-hydrogen) atoms. The summed E-state index contributed by atoms with van der Waals surface area (Å²) in [4.78, 5) is 10.9. The monoisotopic (exact) mass is 292 g/mol. The van der Waals surface area contributed by atoms with Crippen LogP contribution in [0.3, 0.4) is 0 Å². The van der Waals surface area contributed by atoms with Crippen molar-refractivity contribution in [3.63, 3.8) is 0 Å². The van der Waals surface area contributed by atoms with Crippen LogP contribution in [0, 0.1) is 15.9 Å². The van der Waals surface area contributed by atoms with Gasteiger partial charge in [-0.25, -0.2) is 0 Å². The van der Waals surface area contributed by atoms with Crippen molar-refractivity contribution in [1.82, 2.24) is 0 Å². The molecular formula is C14H13FN2O2S. The van der Waals surface area contributed by atoms with Crippen molar-refractivity contribution in [1.29, 1.82) is 0 Å². The van der Waals surface area contributed by atoms with E-state index in [4.69, 9.17) is 5.73 Å². The lowest BCUT2D eigenvalue weighted by atomic mass is 10.2. The van der Waals surface area contributed by atoms with E-state index in [1.54, 1.807) is 6.07 Å². The Bertz CT molecular complexity index is 634. The summed E-state index contributed by atoms with van der Waals surface area (Å²) >= 11 is 1.42. The number of hydrogen-bond acceptors (Lipinski definition) is 4. The Hall–Kier alpha value is -1.92. The number of thioether (sulfide) groups is 1. The number of nitrogens with two attached hydrogens (primary N) is 1. The molecule has 0 aliphatic heterocycles. The largest absolute Gasteiger partial charge is 0.326 e. The van der Waals surface area contributed by atoms with E-state index in [9.17, 15) is 14.5 Å². The van der Waals surface area contributed by atoms with Crippen LogP contribution in [-0.2, 0) is 12.3 Å². The maximum Gasteiger partial charge on any atom is 0.305 e. The van der Waals surface area contributed by atoms with E-state index in [1.807, 2.05) is 24.3 Å². The molecule has 0 heterocycles. The van der Waals surface area contributed by atoms with Crippen molar-refractivity contribution in [2.24, 2.45) is 5.73 Å². The summed E-state index contributed by atoms with van der Waals surface area (Å²) in [6, 6.07) is 11.8. The van der Waals surface area contributed by atoms with Gasteiger partial charge in [0.2, 0.25) is 5.82 Å². The van der Waals surface area contributed by atoms with Gasteiger partial charge in [0.15, 0.2) is 0 Å². The quantitative estimate of drug-likeness (QED) is 0.520. The van der Waals surface area contributed by atoms with Crippen LogP contribution in [0.15, 0.2) is 47.4 Å². The number of nitrogens with zero attached hydrogens (tertiary/aromatic N) is 1. The van der Waals surface area contributed by atoms with Gasteiger partial charge in [-0.3, -0.25) is 10.1 Å². The summed E-state index contributed by atoms with van der Waals surface area (Å²) < 4.78 is 13.9. The third kappa shape index (κ3) is 3.34. The Morgan fingerprint density at radius 3 is 2.70 bits per heavy atom.